The maximum Gasteiger partial charge on any atom is 0.114 e. The summed E-state index contributed by atoms with van der Waals surface area (Å²) in [7, 11) is 0. The Morgan fingerprint density at radius 3 is 1.54 bits per heavy atom. The van der Waals surface area contributed by atoms with E-state index in [2.05, 4.69) is 45.0 Å². The van der Waals surface area contributed by atoms with Gasteiger partial charge in [-0.05, 0) is 43.5 Å². The normalized spacial score (nSPS) is 11.6. The van der Waals surface area contributed by atoms with Crippen LogP contribution in [-0.2, 0) is 12.8 Å². The number of unbranched alkanes of at least 4 members (excludes halogenated alkanes) is 8. The van der Waals surface area contributed by atoms with Gasteiger partial charge in [-0.3, -0.25) is 0 Å². The minimum Gasteiger partial charge on any atom is -0.465 e. The Hall–Kier alpha value is -1.44. The first kappa shape index (κ1) is 22.8. The second-order valence-electron chi connectivity index (χ2n) is 8.28. The van der Waals surface area contributed by atoms with Crippen molar-refractivity contribution < 1.29 is 8.83 Å². The molecule has 0 bridgehead atoms. The highest BCUT2D eigenvalue weighted by molar-refractivity contribution is 5.22. The van der Waals surface area contributed by atoms with Gasteiger partial charge in [0.05, 0.1) is 5.92 Å². The first-order valence-electron chi connectivity index (χ1n) is 12.0. The van der Waals surface area contributed by atoms with Gasteiger partial charge in [0, 0.05) is 12.8 Å². The van der Waals surface area contributed by atoms with Gasteiger partial charge in [0.2, 0.25) is 0 Å². The maximum atomic E-state index is 6.27. The molecule has 0 aliphatic rings. The van der Waals surface area contributed by atoms with Crippen molar-refractivity contribution in [1.82, 2.24) is 0 Å². The van der Waals surface area contributed by atoms with Crippen LogP contribution in [0.2, 0.25) is 0 Å². The minimum absolute atomic E-state index is 0.265. The monoisotopic (exact) mass is 386 g/mol. The van der Waals surface area contributed by atoms with Crippen LogP contribution >= 0.6 is 0 Å². The molecular formula is C26H42O2. The number of rotatable bonds is 16. The van der Waals surface area contributed by atoms with Crippen LogP contribution in [0.25, 0.3) is 0 Å². The Balaban J connectivity index is 2.02. The van der Waals surface area contributed by atoms with E-state index in [0.29, 0.717) is 0 Å². The third kappa shape index (κ3) is 7.89. The number of aryl methyl sites for hydroxylation is 2. The van der Waals surface area contributed by atoms with Gasteiger partial charge in [-0.1, -0.05) is 78.6 Å². The van der Waals surface area contributed by atoms with Crippen molar-refractivity contribution in [2.45, 2.75) is 117 Å². The van der Waals surface area contributed by atoms with Gasteiger partial charge >= 0.3 is 0 Å². The van der Waals surface area contributed by atoms with Crippen LogP contribution in [0.4, 0.5) is 0 Å². The van der Waals surface area contributed by atoms with Crippen molar-refractivity contribution in [3.8, 4) is 0 Å². The lowest BCUT2D eigenvalue weighted by Gasteiger charge is -2.12. The fourth-order valence-electron chi connectivity index (χ4n) is 3.91. The number of furan rings is 2. The molecule has 158 valence electrons. The van der Waals surface area contributed by atoms with E-state index >= 15 is 0 Å². The summed E-state index contributed by atoms with van der Waals surface area (Å²) < 4.78 is 12.5. The van der Waals surface area contributed by atoms with E-state index in [1.165, 1.54) is 70.6 Å². The van der Waals surface area contributed by atoms with E-state index in [1.54, 1.807) is 0 Å². The van der Waals surface area contributed by atoms with E-state index < -0.39 is 0 Å². The van der Waals surface area contributed by atoms with E-state index in [0.717, 1.165) is 42.3 Å². The van der Waals surface area contributed by atoms with Crippen LogP contribution in [0, 0.1) is 0 Å². The third-order valence-corrected chi connectivity index (χ3v) is 5.70. The Morgan fingerprint density at radius 1 is 0.571 bits per heavy atom. The molecular weight excluding hydrogens is 344 g/mol. The topological polar surface area (TPSA) is 26.3 Å². The van der Waals surface area contributed by atoms with Crippen LogP contribution in [-0.4, -0.2) is 0 Å². The highest BCUT2D eigenvalue weighted by Crippen LogP contribution is 2.33. The summed E-state index contributed by atoms with van der Waals surface area (Å²) in [6.45, 7) is 6.77. The lowest BCUT2D eigenvalue weighted by molar-refractivity contribution is 0.376. The molecule has 2 rings (SSSR count). The molecule has 0 aromatic carbocycles. The van der Waals surface area contributed by atoms with Crippen LogP contribution in [0.1, 0.15) is 127 Å². The maximum absolute atomic E-state index is 6.27. The lowest BCUT2D eigenvalue weighted by atomic mass is 9.95. The number of hydrogen-bond donors (Lipinski definition) is 0. The van der Waals surface area contributed by atoms with Crippen molar-refractivity contribution in [2.24, 2.45) is 0 Å². The summed E-state index contributed by atoms with van der Waals surface area (Å²) in [4.78, 5) is 0. The van der Waals surface area contributed by atoms with Crippen molar-refractivity contribution >= 4 is 0 Å². The van der Waals surface area contributed by atoms with Gasteiger partial charge in [-0.25, -0.2) is 0 Å². The van der Waals surface area contributed by atoms with Crippen LogP contribution in [0.5, 0.6) is 0 Å². The molecule has 0 fully saturated rings. The van der Waals surface area contributed by atoms with E-state index in [4.69, 9.17) is 8.83 Å². The predicted octanol–water partition coefficient (Wildman–Crippen LogP) is 8.83. The van der Waals surface area contributed by atoms with Crippen molar-refractivity contribution in [3.63, 3.8) is 0 Å². The molecule has 0 spiro atoms. The largest absolute Gasteiger partial charge is 0.465 e. The summed E-state index contributed by atoms with van der Waals surface area (Å²) in [6, 6.07) is 8.74. The summed E-state index contributed by atoms with van der Waals surface area (Å²) in [5.41, 5.74) is 0. The van der Waals surface area contributed by atoms with Gasteiger partial charge in [-0.2, -0.15) is 0 Å². The van der Waals surface area contributed by atoms with Crippen molar-refractivity contribution in [2.75, 3.05) is 0 Å². The third-order valence-electron chi connectivity index (χ3n) is 5.70. The lowest BCUT2D eigenvalue weighted by Crippen LogP contribution is -1.99. The minimum atomic E-state index is 0.265. The summed E-state index contributed by atoms with van der Waals surface area (Å²) >= 11 is 0. The van der Waals surface area contributed by atoms with E-state index in [1.807, 2.05) is 0 Å². The summed E-state index contributed by atoms with van der Waals surface area (Å²) in [5, 5.41) is 0. The molecule has 0 radical (unpaired) electrons. The molecule has 0 unspecified atom stereocenters. The zero-order chi connectivity index (χ0) is 20.0. The zero-order valence-electron chi connectivity index (χ0n) is 18.6. The van der Waals surface area contributed by atoms with Gasteiger partial charge in [0.25, 0.3) is 0 Å². The Morgan fingerprint density at radius 2 is 1.04 bits per heavy atom. The second kappa shape index (κ2) is 13.7. The Kier molecular flexibility index (Phi) is 11.2. The molecule has 28 heavy (non-hydrogen) atoms. The van der Waals surface area contributed by atoms with Crippen LogP contribution in [0.15, 0.2) is 33.1 Å². The van der Waals surface area contributed by atoms with Gasteiger partial charge in [0.1, 0.15) is 23.0 Å². The molecule has 2 heteroatoms. The molecule has 0 aliphatic heterocycles. The quantitative estimate of drug-likeness (QED) is 0.269. The molecule has 2 aromatic rings. The first-order valence-corrected chi connectivity index (χ1v) is 12.0. The SMILES string of the molecule is CCCCCCCC(c1ccc(CCCCC)o1)c1ccc(CCCCC)o1. The van der Waals surface area contributed by atoms with Gasteiger partial charge < -0.3 is 8.83 Å². The van der Waals surface area contributed by atoms with E-state index in [-0.39, 0.29) is 5.92 Å². The Labute approximate surface area is 173 Å². The molecule has 2 nitrogen and oxygen atoms in total. The van der Waals surface area contributed by atoms with Gasteiger partial charge in [0.15, 0.2) is 0 Å². The fraction of sp³-hybridized carbons (Fsp3) is 0.692. The smallest absolute Gasteiger partial charge is 0.114 e. The molecule has 0 saturated heterocycles. The predicted molar refractivity (Wildman–Crippen MR) is 119 cm³/mol. The average Bonchev–Trinajstić information content (AvgIpc) is 3.35. The molecule has 0 atom stereocenters. The van der Waals surface area contributed by atoms with Crippen molar-refractivity contribution in [1.29, 1.82) is 0 Å². The zero-order valence-corrected chi connectivity index (χ0v) is 18.6. The fourth-order valence-corrected chi connectivity index (χ4v) is 3.91. The molecule has 0 saturated carbocycles. The number of hydrogen-bond acceptors (Lipinski definition) is 2. The van der Waals surface area contributed by atoms with Crippen LogP contribution < -0.4 is 0 Å². The molecule has 0 amide bonds. The van der Waals surface area contributed by atoms with Crippen molar-refractivity contribution in [3.05, 3.63) is 47.3 Å². The van der Waals surface area contributed by atoms with Crippen LogP contribution in [0.3, 0.4) is 0 Å². The molecule has 0 N–H and O–H groups in total. The highest BCUT2D eigenvalue weighted by atomic mass is 16.4. The standard InChI is InChI=1S/C26H42O2/c1-4-7-10-11-14-17-24(25-20-18-22(27-25)15-12-8-5-2)26-21-19-23(28-26)16-13-9-6-3/h18-21,24H,4-17H2,1-3H3. The second-order valence-corrected chi connectivity index (χ2v) is 8.28. The summed E-state index contributed by atoms with van der Waals surface area (Å²) in [6.07, 6.45) is 17.2. The van der Waals surface area contributed by atoms with Gasteiger partial charge in [-0.15, -0.1) is 0 Å². The summed E-state index contributed by atoms with van der Waals surface area (Å²) in [5.74, 6) is 4.72. The molecule has 2 aromatic heterocycles. The highest BCUT2D eigenvalue weighted by Gasteiger charge is 2.21. The molecule has 0 aliphatic carbocycles. The average molecular weight is 387 g/mol. The Bertz CT molecular complexity index is 574. The molecule has 2 heterocycles. The van der Waals surface area contributed by atoms with E-state index in [9.17, 15) is 0 Å². The first-order chi connectivity index (χ1) is 13.8.